The minimum Gasteiger partial charge on any atom is -0.456 e. The lowest BCUT2D eigenvalue weighted by molar-refractivity contribution is -0.858. The smallest absolute Gasteiger partial charge is 0.344 e. The van der Waals surface area contributed by atoms with Crippen molar-refractivity contribution in [2.45, 2.75) is 26.0 Å². The SMILES string of the molecule is COC[C@@H](C)OC(=O)c1c(N)n(CCC[NH+](C)C)c2nc3ccccc3nc12. The van der Waals surface area contributed by atoms with Gasteiger partial charge in [0.1, 0.15) is 23.0 Å². The normalized spacial score (nSPS) is 12.8. The summed E-state index contributed by atoms with van der Waals surface area (Å²) in [5.41, 5.74) is 9.22. The molecule has 0 fully saturated rings. The summed E-state index contributed by atoms with van der Waals surface area (Å²) in [5.74, 6) is -0.165. The van der Waals surface area contributed by atoms with Crippen molar-refractivity contribution in [3.05, 3.63) is 29.8 Å². The van der Waals surface area contributed by atoms with Crippen molar-refractivity contribution >= 4 is 34.0 Å². The van der Waals surface area contributed by atoms with Crippen molar-refractivity contribution in [1.82, 2.24) is 14.5 Å². The second kappa shape index (κ2) is 8.53. The van der Waals surface area contributed by atoms with Gasteiger partial charge in [-0.05, 0) is 19.1 Å². The molecule has 3 rings (SSSR count). The molecule has 0 saturated heterocycles. The first kappa shape index (κ1) is 20.0. The fraction of sp³-hybridized carbons (Fsp3) is 0.450. The lowest BCUT2D eigenvalue weighted by Crippen LogP contribution is -3.05. The largest absolute Gasteiger partial charge is 0.456 e. The molecule has 8 nitrogen and oxygen atoms in total. The summed E-state index contributed by atoms with van der Waals surface area (Å²) in [6, 6.07) is 7.57. The number of hydrogen-bond acceptors (Lipinski definition) is 6. The number of esters is 1. The number of methoxy groups -OCH3 is 1. The zero-order chi connectivity index (χ0) is 20.3. The van der Waals surface area contributed by atoms with Crippen molar-refractivity contribution < 1.29 is 19.2 Å². The first-order valence-corrected chi connectivity index (χ1v) is 9.45. The molecule has 0 saturated carbocycles. The maximum atomic E-state index is 12.9. The van der Waals surface area contributed by atoms with Gasteiger partial charge in [0.2, 0.25) is 0 Å². The Hall–Kier alpha value is -2.71. The molecular formula is C20H28N5O3+. The number of nitrogens with zero attached hydrogens (tertiary/aromatic N) is 3. The topological polar surface area (TPSA) is 96.7 Å². The Bertz CT molecular complexity index is 983. The van der Waals surface area contributed by atoms with E-state index in [-0.39, 0.29) is 11.7 Å². The molecule has 0 aliphatic rings. The van der Waals surface area contributed by atoms with E-state index in [1.807, 2.05) is 28.8 Å². The molecule has 2 heterocycles. The number of quaternary nitrogens is 1. The first-order valence-electron chi connectivity index (χ1n) is 9.45. The molecule has 150 valence electrons. The van der Waals surface area contributed by atoms with Crippen LogP contribution in [0.25, 0.3) is 22.2 Å². The number of ether oxygens (including phenoxy) is 2. The molecule has 8 heteroatoms. The molecule has 0 bridgehead atoms. The maximum absolute atomic E-state index is 12.9. The molecule has 0 radical (unpaired) electrons. The van der Waals surface area contributed by atoms with E-state index < -0.39 is 5.97 Å². The van der Waals surface area contributed by atoms with Crippen LogP contribution in [-0.4, -0.2) is 61.0 Å². The van der Waals surface area contributed by atoms with Gasteiger partial charge in [0.25, 0.3) is 0 Å². The van der Waals surface area contributed by atoms with E-state index in [0.717, 1.165) is 18.5 Å². The van der Waals surface area contributed by atoms with Crippen LogP contribution in [0.1, 0.15) is 23.7 Å². The Labute approximate surface area is 164 Å². The summed E-state index contributed by atoms with van der Waals surface area (Å²) in [4.78, 5) is 23.6. The van der Waals surface area contributed by atoms with E-state index in [2.05, 4.69) is 19.1 Å². The second-order valence-electron chi connectivity index (χ2n) is 7.28. The molecule has 0 amide bonds. The molecule has 0 aliphatic carbocycles. The first-order chi connectivity index (χ1) is 13.4. The van der Waals surface area contributed by atoms with E-state index in [1.165, 1.54) is 4.90 Å². The van der Waals surface area contributed by atoms with Crippen molar-refractivity contribution in [3.63, 3.8) is 0 Å². The molecule has 1 atom stereocenters. The van der Waals surface area contributed by atoms with Crippen molar-refractivity contribution in [2.24, 2.45) is 0 Å². The summed E-state index contributed by atoms with van der Waals surface area (Å²) >= 11 is 0. The van der Waals surface area contributed by atoms with Crippen LogP contribution in [0.4, 0.5) is 5.82 Å². The molecule has 1 aromatic carbocycles. The van der Waals surface area contributed by atoms with Gasteiger partial charge < -0.3 is 24.7 Å². The molecule has 3 aromatic rings. The zero-order valence-electron chi connectivity index (χ0n) is 16.9. The third-order valence-electron chi connectivity index (χ3n) is 4.56. The number of anilines is 1. The predicted octanol–water partition coefficient (Wildman–Crippen LogP) is 0.893. The fourth-order valence-electron chi connectivity index (χ4n) is 3.25. The van der Waals surface area contributed by atoms with Crippen LogP contribution in [0, 0.1) is 0 Å². The minimum absolute atomic E-state index is 0.272. The number of rotatable bonds is 8. The Morgan fingerprint density at radius 2 is 1.93 bits per heavy atom. The fourth-order valence-corrected chi connectivity index (χ4v) is 3.25. The number of fused-ring (bicyclic) bond motifs is 2. The maximum Gasteiger partial charge on any atom is 0.344 e. The zero-order valence-corrected chi connectivity index (χ0v) is 16.9. The number of nitrogens with one attached hydrogen (secondary N) is 1. The third-order valence-corrected chi connectivity index (χ3v) is 4.56. The van der Waals surface area contributed by atoms with Crippen molar-refractivity contribution in [2.75, 3.05) is 40.1 Å². The van der Waals surface area contributed by atoms with Gasteiger partial charge in [0.05, 0.1) is 38.3 Å². The van der Waals surface area contributed by atoms with Crippen LogP contribution in [0.15, 0.2) is 24.3 Å². The highest BCUT2D eigenvalue weighted by molar-refractivity contribution is 6.08. The molecule has 2 aromatic heterocycles. The van der Waals surface area contributed by atoms with Crippen LogP contribution >= 0.6 is 0 Å². The van der Waals surface area contributed by atoms with E-state index >= 15 is 0 Å². The number of para-hydroxylation sites is 2. The van der Waals surface area contributed by atoms with Crippen LogP contribution in [0.5, 0.6) is 0 Å². The minimum atomic E-state index is -0.506. The van der Waals surface area contributed by atoms with Gasteiger partial charge in [0, 0.05) is 20.1 Å². The molecule has 0 spiro atoms. The Balaban J connectivity index is 2.09. The van der Waals surface area contributed by atoms with Gasteiger partial charge in [-0.1, -0.05) is 12.1 Å². The number of hydrogen-bond donors (Lipinski definition) is 2. The Morgan fingerprint density at radius 1 is 1.25 bits per heavy atom. The molecular weight excluding hydrogens is 358 g/mol. The van der Waals surface area contributed by atoms with Crippen LogP contribution in [0.2, 0.25) is 0 Å². The van der Waals surface area contributed by atoms with E-state index in [0.29, 0.717) is 35.7 Å². The van der Waals surface area contributed by atoms with E-state index in [9.17, 15) is 4.79 Å². The number of nitrogens with two attached hydrogens (primary N) is 1. The number of nitrogen functional groups attached to an aromatic ring is 1. The van der Waals surface area contributed by atoms with Crippen molar-refractivity contribution in [1.29, 1.82) is 0 Å². The third kappa shape index (κ3) is 4.07. The predicted molar refractivity (Wildman–Crippen MR) is 108 cm³/mol. The van der Waals surface area contributed by atoms with Gasteiger partial charge in [-0.25, -0.2) is 14.8 Å². The quantitative estimate of drug-likeness (QED) is 0.558. The molecule has 3 N–H and O–H groups in total. The number of aryl methyl sites for hydroxylation is 1. The highest BCUT2D eigenvalue weighted by Crippen LogP contribution is 2.29. The number of carbonyl (C=O) groups excluding carboxylic acids is 1. The van der Waals surface area contributed by atoms with Gasteiger partial charge in [-0.2, -0.15) is 0 Å². The number of aromatic nitrogens is 3. The average molecular weight is 386 g/mol. The second-order valence-corrected chi connectivity index (χ2v) is 7.28. The summed E-state index contributed by atoms with van der Waals surface area (Å²) in [5, 5.41) is 0. The lowest BCUT2D eigenvalue weighted by Gasteiger charge is -2.12. The Kier molecular flexibility index (Phi) is 6.11. The standard InChI is InChI=1S/C20H27N5O3/c1-13(12-27-4)28-20(26)16-17-19(23-15-9-6-5-8-14(15)22-17)25(18(16)21)11-7-10-24(2)3/h5-6,8-9,13H,7,10-12,21H2,1-4H3/p+1/t13-/m1/s1. The summed E-state index contributed by atoms with van der Waals surface area (Å²) in [7, 11) is 5.77. The van der Waals surface area contributed by atoms with Gasteiger partial charge in [-0.15, -0.1) is 0 Å². The van der Waals surface area contributed by atoms with Gasteiger partial charge in [0.15, 0.2) is 5.65 Å². The summed E-state index contributed by atoms with van der Waals surface area (Å²) in [6.07, 6.45) is 0.514. The monoisotopic (exact) mass is 386 g/mol. The molecule has 0 unspecified atom stereocenters. The van der Waals surface area contributed by atoms with E-state index in [4.69, 9.17) is 20.2 Å². The van der Waals surface area contributed by atoms with Crippen LogP contribution in [-0.2, 0) is 16.0 Å². The average Bonchev–Trinajstić information content (AvgIpc) is 2.90. The summed E-state index contributed by atoms with van der Waals surface area (Å²) in [6.45, 7) is 3.72. The van der Waals surface area contributed by atoms with Crippen molar-refractivity contribution in [3.8, 4) is 0 Å². The van der Waals surface area contributed by atoms with Crippen LogP contribution < -0.4 is 10.6 Å². The Morgan fingerprint density at radius 3 is 2.57 bits per heavy atom. The number of carbonyl (C=O) groups is 1. The molecule has 28 heavy (non-hydrogen) atoms. The lowest BCUT2D eigenvalue weighted by atomic mass is 10.2. The van der Waals surface area contributed by atoms with Crippen LogP contribution in [0.3, 0.4) is 0 Å². The highest BCUT2D eigenvalue weighted by Gasteiger charge is 2.26. The van der Waals surface area contributed by atoms with Gasteiger partial charge >= 0.3 is 5.97 Å². The summed E-state index contributed by atoms with van der Waals surface area (Å²) < 4.78 is 12.4. The highest BCUT2D eigenvalue weighted by atomic mass is 16.6. The molecule has 0 aliphatic heterocycles. The van der Waals surface area contributed by atoms with E-state index in [1.54, 1.807) is 14.0 Å². The van der Waals surface area contributed by atoms with Gasteiger partial charge in [-0.3, -0.25) is 0 Å². The number of benzene rings is 1.